The summed E-state index contributed by atoms with van der Waals surface area (Å²) in [6, 6.07) is -3.04. The van der Waals surface area contributed by atoms with E-state index in [1.165, 1.54) is 19.2 Å². The van der Waals surface area contributed by atoms with E-state index in [0.717, 1.165) is 0 Å². The summed E-state index contributed by atoms with van der Waals surface area (Å²) in [5.41, 5.74) is -3.31. The molecule has 0 aliphatic heterocycles. The number of ether oxygens (including phenoxy) is 1. The quantitative estimate of drug-likeness (QED) is 0.722. The summed E-state index contributed by atoms with van der Waals surface area (Å²) in [6.45, 7) is 3.15. The Morgan fingerprint density at radius 3 is 2.06 bits per heavy atom. The van der Waals surface area contributed by atoms with Crippen LogP contribution in [0.25, 0.3) is 0 Å². The molecule has 106 valence electrons. The summed E-state index contributed by atoms with van der Waals surface area (Å²) in [5.74, 6) is -2.37. The lowest BCUT2D eigenvalue weighted by Gasteiger charge is -2.35. The number of amides is 1. The second kappa shape index (κ2) is 5.42. The first-order valence-corrected chi connectivity index (χ1v) is 4.86. The lowest BCUT2D eigenvalue weighted by atomic mass is 9.96. The highest BCUT2D eigenvalue weighted by Crippen LogP contribution is 2.28. The van der Waals surface area contributed by atoms with Crippen LogP contribution in [0.4, 0.5) is 18.0 Å². The second-order valence-corrected chi connectivity index (χ2v) is 4.01. The van der Waals surface area contributed by atoms with Gasteiger partial charge < -0.3 is 25.1 Å². The van der Waals surface area contributed by atoms with Crippen LogP contribution in [0.2, 0.25) is 0 Å². The van der Waals surface area contributed by atoms with Gasteiger partial charge in [0.05, 0.1) is 12.1 Å². The molecule has 6 nitrogen and oxygen atoms in total. The average Bonchev–Trinajstić information content (AvgIpc) is 2.10. The van der Waals surface area contributed by atoms with Crippen LogP contribution in [-0.2, 0) is 9.53 Å². The molecule has 9 heteroatoms. The van der Waals surface area contributed by atoms with Crippen LogP contribution in [0.1, 0.15) is 20.8 Å². The van der Waals surface area contributed by atoms with Crippen LogP contribution in [0, 0.1) is 0 Å². The van der Waals surface area contributed by atoms with Crippen molar-refractivity contribution in [3.63, 3.8) is 0 Å². The van der Waals surface area contributed by atoms with E-state index in [1.54, 1.807) is 0 Å². The smallest absolute Gasteiger partial charge is 0.411 e. The zero-order valence-electron chi connectivity index (χ0n) is 9.87. The van der Waals surface area contributed by atoms with E-state index < -0.39 is 36.0 Å². The Morgan fingerprint density at radius 2 is 1.78 bits per heavy atom. The van der Waals surface area contributed by atoms with Crippen molar-refractivity contribution in [2.75, 3.05) is 0 Å². The maximum absolute atomic E-state index is 12.6. The van der Waals surface area contributed by atoms with Crippen molar-refractivity contribution in [1.29, 1.82) is 0 Å². The summed E-state index contributed by atoms with van der Waals surface area (Å²) in [5, 5.41) is 20.9. The monoisotopic (exact) mass is 272 g/mol. The predicted molar refractivity (Wildman–Crippen MR) is 50.2 cm³/mol. The Morgan fingerprint density at radius 1 is 1.33 bits per heavy atom. The van der Waals surface area contributed by atoms with Gasteiger partial charge in [0.2, 0.25) is 0 Å². The number of carbonyl (C=O) groups excluding carboxylic acids is 2. The summed E-state index contributed by atoms with van der Waals surface area (Å²) in [6.07, 6.45) is -7.37. The first kappa shape index (κ1) is 16.5. The zero-order chi connectivity index (χ0) is 14.7. The number of aliphatic hydroxyl groups is 1. The summed E-state index contributed by atoms with van der Waals surface area (Å²) >= 11 is 0. The van der Waals surface area contributed by atoms with E-state index in [-0.39, 0.29) is 0 Å². The Labute approximate surface area is 101 Å². The van der Waals surface area contributed by atoms with Crippen LogP contribution in [0.5, 0.6) is 0 Å². The van der Waals surface area contributed by atoms with Gasteiger partial charge in [-0.1, -0.05) is 0 Å². The molecule has 18 heavy (non-hydrogen) atoms. The molecule has 2 atom stereocenters. The number of carboxylic acid groups (broad SMARTS) is 1. The third kappa shape index (κ3) is 4.40. The topological polar surface area (TPSA) is 98.7 Å². The molecule has 0 saturated heterocycles. The maximum Gasteiger partial charge on any atom is 0.411 e. The standard InChI is InChI=1S/C9H14F3NO5/c1-4(2)18-7(16)13-5(9(10,11)12)8(3,17)6(14)15/h4-5,17H,1-3H3,(H,13,16)(H,14,15)/p-1/t5-,8-/m1/s1. The van der Waals surface area contributed by atoms with E-state index in [2.05, 4.69) is 4.74 Å². The highest BCUT2D eigenvalue weighted by Gasteiger charge is 2.52. The number of halogens is 3. The van der Waals surface area contributed by atoms with E-state index in [4.69, 9.17) is 0 Å². The van der Waals surface area contributed by atoms with Crippen molar-refractivity contribution in [3.8, 4) is 0 Å². The molecule has 2 N–H and O–H groups in total. The number of alkyl carbamates (subject to hydrolysis) is 1. The molecule has 0 fully saturated rings. The Bertz CT molecular complexity index is 327. The highest BCUT2D eigenvalue weighted by atomic mass is 19.4. The van der Waals surface area contributed by atoms with Crippen molar-refractivity contribution in [1.82, 2.24) is 5.32 Å². The van der Waals surface area contributed by atoms with Crippen LogP contribution >= 0.6 is 0 Å². The molecule has 1 amide bonds. The number of rotatable bonds is 4. The predicted octanol–water partition coefficient (Wildman–Crippen LogP) is -0.447. The molecule has 0 heterocycles. The molecule has 0 unspecified atom stereocenters. The van der Waals surface area contributed by atoms with Crippen LogP contribution in [0.3, 0.4) is 0 Å². The van der Waals surface area contributed by atoms with Gasteiger partial charge in [0.1, 0.15) is 5.60 Å². The van der Waals surface area contributed by atoms with Crippen LogP contribution < -0.4 is 10.4 Å². The summed E-state index contributed by atoms with van der Waals surface area (Å²) in [7, 11) is 0. The SMILES string of the molecule is CC(C)OC(=O)N[C@@H](C(F)(F)F)[C@@](C)(O)C(=O)[O-]. The van der Waals surface area contributed by atoms with Gasteiger partial charge >= 0.3 is 12.3 Å². The molecule has 0 aromatic heterocycles. The summed E-state index contributed by atoms with van der Waals surface area (Å²) in [4.78, 5) is 21.5. The van der Waals surface area contributed by atoms with Crippen molar-refractivity contribution in [2.24, 2.45) is 0 Å². The van der Waals surface area contributed by atoms with Gasteiger partial charge in [0, 0.05) is 0 Å². The lowest BCUT2D eigenvalue weighted by molar-refractivity contribution is -0.331. The van der Waals surface area contributed by atoms with Gasteiger partial charge in [-0.25, -0.2) is 4.79 Å². The highest BCUT2D eigenvalue weighted by molar-refractivity contribution is 5.77. The molecule has 0 radical (unpaired) electrons. The fourth-order valence-corrected chi connectivity index (χ4v) is 1.02. The number of carbonyl (C=O) groups is 2. The molecule has 0 saturated carbocycles. The molecule has 0 aromatic rings. The minimum absolute atomic E-state index is 0.371. The Balaban J connectivity index is 5.05. The number of carboxylic acids is 1. The largest absolute Gasteiger partial charge is 0.547 e. The Kier molecular flexibility index (Phi) is 4.97. The van der Waals surface area contributed by atoms with E-state index in [1.807, 2.05) is 0 Å². The fourth-order valence-electron chi connectivity index (χ4n) is 1.02. The molecular weight excluding hydrogens is 259 g/mol. The van der Waals surface area contributed by atoms with Crippen molar-refractivity contribution in [3.05, 3.63) is 0 Å². The number of hydrogen-bond donors (Lipinski definition) is 2. The second-order valence-electron chi connectivity index (χ2n) is 4.01. The average molecular weight is 272 g/mol. The van der Waals surface area contributed by atoms with Gasteiger partial charge in [0.25, 0.3) is 0 Å². The molecule has 0 bridgehead atoms. The number of hydrogen-bond acceptors (Lipinski definition) is 5. The normalized spacial score (nSPS) is 16.9. The molecule has 0 spiro atoms. The molecular formula is C9H13F3NO5-. The van der Waals surface area contributed by atoms with Crippen LogP contribution in [0.15, 0.2) is 0 Å². The van der Waals surface area contributed by atoms with Gasteiger partial charge in [-0.2, -0.15) is 13.2 Å². The minimum atomic E-state index is -5.18. The van der Waals surface area contributed by atoms with E-state index in [9.17, 15) is 33.0 Å². The maximum atomic E-state index is 12.6. The van der Waals surface area contributed by atoms with Gasteiger partial charge in [0.15, 0.2) is 6.04 Å². The Hall–Kier alpha value is -1.51. The number of aliphatic carboxylic acids is 1. The third-order valence-electron chi connectivity index (χ3n) is 1.91. The summed E-state index contributed by atoms with van der Waals surface area (Å²) < 4.78 is 42.0. The molecule has 0 aromatic carbocycles. The number of alkyl halides is 3. The fraction of sp³-hybridized carbons (Fsp3) is 0.778. The first-order valence-electron chi connectivity index (χ1n) is 4.86. The third-order valence-corrected chi connectivity index (χ3v) is 1.91. The first-order chi connectivity index (χ1) is 7.89. The van der Waals surface area contributed by atoms with Gasteiger partial charge in [-0.05, 0) is 20.8 Å². The van der Waals surface area contributed by atoms with Crippen molar-refractivity contribution in [2.45, 2.75) is 44.7 Å². The number of nitrogens with one attached hydrogen (secondary N) is 1. The molecule has 0 rings (SSSR count). The van der Waals surface area contributed by atoms with Crippen LogP contribution in [-0.4, -0.2) is 41.1 Å². The van der Waals surface area contributed by atoms with Gasteiger partial charge in [-0.15, -0.1) is 0 Å². The van der Waals surface area contributed by atoms with E-state index >= 15 is 0 Å². The lowest BCUT2D eigenvalue weighted by Crippen LogP contribution is -2.65. The van der Waals surface area contributed by atoms with Gasteiger partial charge in [-0.3, -0.25) is 0 Å². The van der Waals surface area contributed by atoms with Crippen molar-refractivity contribution < 1.29 is 37.7 Å². The van der Waals surface area contributed by atoms with E-state index in [0.29, 0.717) is 6.92 Å². The zero-order valence-corrected chi connectivity index (χ0v) is 9.87. The minimum Gasteiger partial charge on any atom is -0.547 e. The van der Waals surface area contributed by atoms with Crippen molar-refractivity contribution >= 4 is 12.1 Å². The molecule has 0 aliphatic carbocycles. The molecule has 0 aliphatic rings.